The van der Waals surface area contributed by atoms with E-state index >= 15 is 0 Å². The molecule has 0 aromatic heterocycles. The van der Waals surface area contributed by atoms with Gasteiger partial charge in [-0.2, -0.15) is 0 Å². The molecule has 0 atom stereocenters. The van der Waals surface area contributed by atoms with Crippen molar-refractivity contribution in [1.82, 2.24) is 9.62 Å². The molecular formula is C13H23N3O3S. The van der Waals surface area contributed by atoms with Gasteiger partial charge >= 0.3 is 0 Å². The predicted molar refractivity (Wildman–Crippen MR) is 79.2 cm³/mol. The highest BCUT2D eigenvalue weighted by Gasteiger charge is 2.15. The number of ether oxygens (including phenoxy) is 1. The van der Waals surface area contributed by atoms with E-state index in [1.807, 2.05) is 19.0 Å². The van der Waals surface area contributed by atoms with Gasteiger partial charge in [0.05, 0.1) is 12.0 Å². The van der Waals surface area contributed by atoms with Gasteiger partial charge in [-0.1, -0.05) is 0 Å². The first-order valence-corrected chi connectivity index (χ1v) is 7.90. The van der Waals surface area contributed by atoms with Gasteiger partial charge in [-0.3, -0.25) is 0 Å². The minimum Gasteiger partial charge on any atom is -0.496 e. The van der Waals surface area contributed by atoms with E-state index < -0.39 is 10.0 Å². The molecule has 0 saturated carbocycles. The molecule has 1 rings (SSSR count). The van der Waals surface area contributed by atoms with E-state index in [0.717, 1.165) is 13.0 Å². The number of nitrogens with two attached hydrogens (primary N) is 1. The fourth-order valence-corrected chi connectivity index (χ4v) is 2.89. The van der Waals surface area contributed by atoms with Crippen LogP contribution < -0.4 is 15.2 Å². The summed E-state index contributed by atoms with van der Waals surface area (Å²) in [6, 6.07) is 4.69. The first kappa shape index (κ1) is 16.9. The molecule has 0 spiro atoms. The minimum atomic E-state index is -3.50. The molecule has 0 radical (unpaired) electrons. The lowest BCUT2D eigenvalue weighted by Gasteiger charge is -2.12. The summed E-state index contributed by atoms with van der Waals surface area (Å²) in [7, 11) is 1.93. The van der Waals surface area contributed by atoms with Gasteiger partial charge in [0.15, 0.2) is 0 Å². The molecular weight excluding hydrogens is 278 g/mol. The van der Waals surface area contributed by atoms with E-state index in [9.17, 15) is 8.42 Å². The summed E-state index contributed by atoms with van der Waals surface area (Å²) in [6.45, 7) is 1.47. The molecule has 20 heavy (non-hydrogen) atoms. The van der Waals surface area contributed by atoms with Crippen LogP contribution in [-0.4, -0.2) is 47.6 Å². The second-order valence-corrected chi connectivity index (χ2v) is 6.50. The fraction of sp³-hybridized carbons (Fsp3) is 0.538. The quantitative estimate of drug-likeness (QED) is 0.678. The van der Waals surface area contributed by atoms with E-state index in [4.69, 9.17) is 10.5 Å². The van der Waals surface area contributed by atoms with E-state index in [-0.39, 0.29) is 11.4 Å². The standard InChI is InChI=1S/C13H23N3O3S/c1-16(2)8-4-7-15-20(17,18)12-5-6-13(19-3)11(9-12)10-14/h5-6,9,15H,4,7-8,10,14H2,1-3H3. The fourth-order valence-electron chi connectivity index (χ4n) is 1.77. The molecule has 7 heteroatoms. The summed E-state index contributed by atoms with van der Waals surface area (Å²) in [5, 5.41) is 0. The van der Waals surface area contributed by atoms with Crippen LogP contribution in [0.4, 0.5) is 0 Å². The Morgan fingerprint density at radius 2 is 2.05 bits per heavy atom. The van der Waals surface area contributed by atoms with Crippen LogP contribution in [0.1, 0.15) is 12.0 Å². The summed E-state index contributed by atoms with van der Waals surface area (Å²) in [6.07, 6.45) is 0.756. The van der Waals surface area contributed by atoms with Crippen molar-refractivity contribution in [3.63, 3.8) is 0 Å². The monoisotopic (exact) mass is 301 g/mol. The Kier molecular flexibility index (Phi) is 6.41. The van der Waals surface area contributed by atoms with Crippen LogP contribution in [0, 0.1) is 0 Å². The number of sulfonamides is 1. The summed E-state index contributed by atoms with van der Waals surface area (Å²) in [5.74, 6) is 0.596. The summed E-state index contributed by atoms with van der Waals surface area (Å²) < 4.78 is 32.0. The second kappa shape index (κ2) is 7.58. The molecule has 0 amide bonds. The lowest BCUT2D eigenvalue weighted by Crippen LogP contribution is -2.27. The Morgan fingerprint density at radius 1 is 1.35 bits per heavy atom. The number of nitrogens with one attached hydrogen (secondary N) is 1. The maximum Gasteiger partial charge on any atom is 0.240 e. The molecule has 6 nitrogen and oxygen atoms in total. The third-order valence-corrected chi connectivity index (χ3v) is 4.31. The number of nitrogens with zero attached hydrogens (tertiary/aromatic N) is 1. The maximum absolute atomic E-state index is 12.1. The molecule has 1 aromatic carbocycles. The van der Waals surface area contributed by atoms with Crippen LogP contribution in [-0.2, 0) is 16.6 Å². The zero-order valence-corrected chi connectivity index (χ0v) is 13.0. The predicted octanol–water partition coefficient (Wildman–Crippen LogP) is 0.384. The number of benzene rings is 1. The Labute approximate surface area is 121 Å². The Bertz CT molecular complexity index is 530. The van der Waals surface area contributed by atoms with Crippen LogP contribution in [0.5, 0.6) is 5.75 Å². The third-order valence-electron chi connectivity index (χ3n) is 2.86. The summed E-state index contributed by atoms with van der Waals surface area (Å²) in [5.41, 5.74) is 6.26. The van der Waals surface area contributed by atoms with Crippen molar-refractivity contribution in [3.05, 3.63) is 23.8 Å². The summed E-state index contributed by atoms with van der Waals surface area (Å²) in [4.78, 5) is 2.22. The van der Waals surface area contributed by atoms with Crippen molar-refractivity contribution >= 4 is 10.0 Å². The molecule has 0 fully saturated rings. The van der Waals surface area contributed by atoms with Crippen LogP contribution in [0.15, 0.2) is 23.1 Å². The van der Waals surface area contributed by atoms with Crippen molar-refractivity contribution in [3.8, 4) is 5.75 Å². The van der Waals surface area contributed by atoms with Crippen molar-refractivity contribution in [2.24, 2.45) is 5.73 Å². The zero-order valence-electron chi connectivity index (χ0n) is 12.2. The molecule has 0 aliphatic carbocycles. The summed E-state index contributed by atoms with van der Waals surface area (Å²) >= 11 is 0. The Hall–Kier alpha value is -1.15. The molecule has 3 N–H and O–H groups in total. The van der Waals surface area contributed by atoms with Crippen LogP contribution in [0.3, 0.4) is 0 Å². The molecule has 0 bridgehead atoms. The lowest BCUT2D eigenvalue weighted by atomic mass is 10.2. The zero-order chi connectivity index (χ0) is 15.2. The number of rotatable bonds is 8. The Morgan fingerprint density at radius 3 is 2.60 bits per heavy atom. The number of methoxy groups -OCH3 is 1. The Balaban J connectivity index is 2.77. The topological polar surface area (TPSA) is 84.7 Å². The first-order valence-electron chi connectivity index (χ1n) is 6.42. The van der Waals surface area contributed by atoms with Gasteiger partial charge in [0.1, 0.15) is 5.75 Å². The van der Waals surface area contributed by atoms with E-state index in [1.54, 1.807) is 12.1 Å². The van der Waals surface area contributed by atoms with Gasteiger partial charge in [0.25, 0.3) is 0 Å². The van der Waals surface area contributed by atoms with Gasteiger partial charge in [-0.25, -0.2) is 13.1 Å². The van der Waals surface area contributed by atoms with Gasteiger partial charge in [-0.15, -0.1) is 0 Å². The van der Waals surface area contributed by atoms with Crippen molar-refractivity contribution < 1.29 is 13.2 Å². The smallest absolute Gasteiger partial charge is 0.240 e. The van der Waals surface area contributed by atoms with Crippen LogP contribution in [0.2, 0.25) is 0 Å². The van der Waals surface area contributed by atoms with Gasteiger partial charge in [-0.05, 0) is 45.3 Å². The van der Waals surface area contributed by atoms with Crippen LogP contribution in [0.25, 0.3) is 0 Å². The first-order chi connectivity index (χ1) is 9.40. The number of hydrogen-bond acceptors (Lipinski definition) is 5. The maximum atomic E-state index is 12.1. The SMILES string of the molecule is COc1ccc(S(=O)(=O)NCCCN(C)C)cc1CN. The van der Waals surface area contributed by atoms with Crippen molar-refractivity contribution in [2.45, 2.75) is 17.9 Å². The highest BCUT2D eigenvalue weighted by atomic mass is 32.2. The van der Waals surface area contributed by atoms with E-state index in [2.05, 4.69) is 4.72 Å². The molecule has 114 valence electrons. The third kappa shape index (κ3) is 4.75. The minimum absolute atomic E-state index is 0.212. The molecule has 1 aromatic rings. The van der Waals surface area contributed by atoms with Gasteiger partial charge in [0, 0.05) is 18.7 Å². The van der Waals surface area contributed by atoms with Gasteiger partial charge < -0.3 is 15.4 Å². The lowest BCUT2D eigenvalue weighted by molar-refractivity contribution is 0.400. The molecule has 0 aliphatic heterocycles. The molecule has 0 heterocycles. The normalized spacial score (nSPS) is 11.8. The second-order valence-electron chi connectivity index (χ2n) is 4.73. The molecule has 0 unspecified atom stereocenters. The van der Waals surface area contributed by atoms with Crippen LogP contribution >= 0.6 is 0 Å². The van der Waals surface area contributed by atoms with E-state index in [1.165, 1.54) is 13.2 Å². The van der Waals surface area contributed by atoms with Gasteiger partial charge in [0.2, 0.25) is 10.0 Å². The largest absolute Gasteiger partial charge is 0.496 e. The molecule has 0 saturated heterocycles. The van der Waals surface area contributed by atoms with Crippen molar-refractivity contribution in [2.75, 3.05) is 34.3 Å². The highest BCUT2D eigenvalue weighted by Crippen LogP contribution is 2.21. The number of hydrogen-bond donors (Lipinski definition) is 2. The average molecular weight is 301 g/mol. The molecule has 0 aliphatic rings. The highest BCUT2D eigenvalue weighted by molar-refractivity contribution is 7.89. The average Bonchev–Trinajstić information content (AvgIpc) is 2.42. The van der Waals surface area contributed by atoms with Crippen molar-refractivity contribution in [1.29, 1.82) is 0 Å². The van der Waals surface area contributed by atoms with E-state index in [0.29, 0.717) is 17.9 Å².